The minimum absolute atomic E-state index is 0.0259. The van der Waals surface area contributed by atoms with Crippen LogP contribution in [0, 0.1) is 0 Å². The molecule has 1 aliphatic heterocycles. The van der Waals surface area contributed by atoms with Gasteiger partial charge in [0.1, 0.15) is 16.9 Å². The number of amides is 1. The molecular formula is C22H23NO7. The van der Waals surface area contributed by atoms with Crippen molar-refractivity contribution in [1.82, 2.24) is 5.32 Å². The summed E-state index contributed by atoms with van der Waals surface area (Å²) in [6.45, 7) is 3.95. The van der Waals surface area contributed by atoms with Gasteiger partial charge in [0.25, 0.3) is 0 Å². The first-order valence-electron chi connectivity index (χ1n) is 9.64. The fourth-order valence-electron chi connectivity index (χ4n) is 3.64. The van der Waals surface area contributed by atoms with Crippen LogP contribution in [0.15, 0.2) is 45.6 Å². The third kappa shape index (κ3) is 3.96. The van der Waals surface area contributed by atoms with Crippen LogP contribution in [0.2, 0.25) is 0 Å². The number of aryl methyl sites for hydroxylation is 1. The quantitative estimate of drug-likeness (QED) is 0.561. The average molecular weight is 413 g/mol. The third-order valence-corrected chi connectivity index (χ3v) is 5.37. The van der Waals surface area contributed by atoms with Crippen LogP contribution in [-0.2, 0) is 15.9 Å². The van der Waals surface area contributed by atoms with Crippen molar-refractivity contribution >= 4 is 28.0 Å². The molecule has 2 heterocycles. The van der Waals surface area contributed by atoms with Crippen LogP contribution < -0.4 is 10.7 Å². The van der Waals surface area contributed by atoms with Crippen LogP contribution in [0.25, 0.3) is 21.9 Å². The van der Waals surface area contributed by atoms with E-state index in [0.29, 0.717) is 34.8 Å². The minimum Gasteiger partial charge on any atom is -0.508 e. The van der Waals surface area contributed by atoms with Gasteiger partial charge in [0.2, 0.25) is 5.43 Å². The smallest absolute Gasteiger partial charge is 0.405 e. The Morgan fingerprint density at radius 3 is 2.50 bits per heavy atom. The van der Waals surface area contributed by atoms with Crippen molar-refractivity contribution in [1.29, 1.82) is 0 Å². The van der Waals surface area contributed by atoms with Gasteiger partial charge in [-0.15, -0.1) is 0 Å². The summed E-state index contributed by atoms with van der Waals surface area (Å²) >= 11 is 0. The zero-order chi connectivity index (χ0) is 21.5. The summed E-state index contributed by atoms with van der Waals surface area (Å²) in [5.41, 5.74) is 0.555. The highest BCUT2D eigenvalue weighted by atomic mass is 16.7. The first-order valence-corrected chi connectivity index (χ1v) is 9.64. The maximum atomic E-state index is 12.9. The highest BCUT2D eigenvalue weighted by molar-refractivity contribution is 5.90. The Kier molecular flexibility index (Phi) is 4.91. The summed E-state index contributed by atoms with van der Waals surface area (Å²) in [7, 11) is 0. The number of hydrogen-bond donors (Lipinski definition) is 3. The molecule has 0 atom stereocenters. The molecule has 0 saturated carbocycles. The number of rotatable bonds is 4. The Bertz CT molecular complexity index is 1170. The second-order valence-corrected chi connectivity index (χ2v) is 8.13. The number of fused-ring (bicyclic) bond motifs is 2. The normalized spacial score (nSPS) is 17.8. The van der Waals surface area contributed by atoms with Gasteiger partial charge >= 0.3 is 6.09 Å². The molecule has 2 aromatic carbocycles. The third-order valence-electron chi connectivity index (χ3n) is 5.37. The standard InChI is InChI=1S/C22H23NO7/c1-21(2)28-11-22(12-29-21,23-20(26)27)8-7-13-3-6-17-16(9-13)19(25)15-5-4-14(24)10-18(15)30-17/h3-6,9-10,23-24H,7-8,11-12H2,1-2H3,(H,26,27). The lowest BCUT2D eigenvalue weighted by Crippen LogP contribution is -2.61. The van der Waals surface area contributed by atoms with Gasteiger partial charge in [-0.1, -0.05) is 6.07 Å². The van der Waals surface area contributed by atoms with Gasteiger partial charge in [0.15, 0.2) is 5.79 Å². The van der Waals surface area contributed by atoms with Gasteiger partial charge in [-0.25, -0.2) is 4.79 Å². The maximum Gasteiger partial charge on any atom is 0.405 e. The van der Waals surface area contributed by atoms with Crippen molar-refractivity contribution in [3.8, 4) is 5.75 Å². The predicted octanol–water partition coefficient (Wildman–Crippen LogP) is 3.37. The number of nitrogens with one attached hydrogen (secondary N) is 1. The van der Waals surface area contributed by atoms with Gasteiger partial charge in [-0.2, -0.15) is 0 Å². The molecule has 0 bridgehead atoms. The monoisotopic (exact) mass is 413 g/mol. The lowest BCUT2D eigenvalue weighted by Gasteiger charge is -2.43. The van der Waals surface area contributed by atoms with E-state index in [-0.39, 0.29) is 24.4 Å². The Balaban J connectivity index is 1.62. The van der Waals surface area contributed by atoms with E-state index < -0.39 is 17.4 Å². The van der Waals surface area contributed by atoms with E-state index in [9.17, 15) is 19.8 Å². The van der Waals surface area contributed by atoms with Gasteiger partial charge in [-0.3, -0.25) is 4.79 Å². The van der Waals surface area contributed by atoms with Crippen LogP contribution in [-0.4, -0.2) is 40.8 Å². The van der Waals surface area contributed by atoms with Gasteiger partial charge in [0, 0.05) is 6.07 Å². The predicted molar refractivity (Wildman–Crippen MR) is 110 cm³/mol. The van der Waals surface area contributed by atoms with Crippen molar-refractivity contribution in [2.24, 2.45) is 0 Å². The van der Waals surface area contributed by atoms with E-state index in [0.717, 1.165) is 5.56 Å². The van der Waals surface area contributed by atoms with Gasteiger partial charge < -0.3 is 29.4 Å². The maximum absolute atomic E-state index is 12.9. The van der Waals surface area contributed by atoms with Crippen molar-refractivity contribution in [2.45, 2.75) is 38.0 Å². The summed E-state index contributed by atoms with van der Waals surface area (Å²) in [4.78, 5) is 24.2. The van der Waals surface area contributed by atoms with Gasteiger partial charge in [0.05, 0.1) is 29.5 Å². The SMILES string of the molecule is CC1(C)OCC(CCc2ccc3oc4cc(O)ccc4c(=O)c3c2)(NC(=O)O)CO1. The fraction of sp³-hybridized carbons (Fsp3) is 0.364. The molecule has 1 fully saturated rings. The number of phenolic OH excluding ortho intramolecular Hbond substituents is 1. The zero-order valence-electron chi connectivity index (χ0n) is 16.7. The van der Waals surface area contributed by atoms with E-state index in [1.165, 1.54) is 18.2 Å². The Morgan fingerprint density at radius 1 is 1.07 bits per heavy atom. The lowest BCUT2D eigenvalue weighted by molar-refractivity contribution is -0.271. The molecule has 30 heavy (non-hydrogen) atoms. The molecule has 1 aromatic heterocycles. The molecule has 4 rings (SSSR count). The van der Waals surface area contributed by atoms with Crippen LogP contribution >= 0.6 is 0 Å². The van der Waals surface area contributed by atoms with Crippen molar-refractivity contribution < 1.29 is 28.9 Å². The van der Waals surface area contributed by atoms with E-state index in [1.807, 2.05) is 6.07 Å². The summed E-state index contributed by atoms with van der Waals surface area (Å²) < 4.78 is 17.1. The largest absolute Gasteiger partial charge is 0.508 e. The van der Waals surface area contributed by atoms with Crippen molar-refractivity contribution in [3.63, 3.8) is 0 Å². The van der Waals surface area contributed by atoms with Crippen molar-refractivity contribution in [3.05, 3.63) is 52.2 Å². The summed E-state index contributed by atoms with van der Waals surface area (Å²) in [5, 5.41) is 22.2. The molecule has 8 nitrogen and oxygen atoms in total. The molecule has 1 saturated heterocycles. The molecule has 3 N–H and O–H groups in total. The van der Waals surface area contributed by atoms with Crippen molar-refractivity contribution in [2.75, 3.05) is 13.2 Å². The molecule has 8 heteroatoms. The van der Waals surface area contributed by atoms with E-state index in [4.69, 9.17) is 13.9 Å². The number of aromatic hydroxyl groups is 1. The molecule has 0 unspecified atom stereocenters. The van der Waals surface area contributed by atoms with Crippen LogP contribution in [0.1, 0.15) is 25.8 Å². The van der Waals surface area contributed by atoms with Gasteiger partial charge in [-0.05, 0) is 56.5 Å². The molecule has 3 aromatic rings. The Hall–Kier alpha value is -3.10. The molecule has 158 valence electrons. The summed E-state index contributed by atoms with van der Waals surface area (Å²) in [5.74, 6) is -0.737. The summed E-state index contributed by atoms with van der Waals surface area (Å²) in [6.07, 6.45) is -0.194. The summed E-state index contributed by atoms with van der Waals surface area (Å²) in [6, 6.07) is 9.70. The highest BCUT2D eigenvalue weighted by Crippen LogP contribution is 2.28. The highest BCUT2D eigenvalue weighted by Gasteiger charge is 2.41. The average Bonchev–Trinajstić information content (AvgIpc) is 2.68. The Morgan fingerprint density at radius 2 is 1.80 bits per heavy atom. The van der Waals surface area contributed by atoms with E-state index >= 15 is 0 Å². The molecule has 0 aliphatic carbocycles. The number of phenols is 1. The molecular weight excluding hydrogens is 390 g/mol. The second-order valence-electron chi connectivity index (χ2n) is 8.13. The first kappa shape index (κ1) is 20.2. The number of hydrogen-bond acceptors (Lipinski definition) is 6. The first-order chi connectivity index (χ1) is 14.2. The minimum atomic E-state index is -1.14. The fourth-order valence-corrected chi connectivity index (χ4v) is 3.64. The second kappa shape index (κ2) is 7.30. The number of carboxylic acid groups (broad SMARTS) is 1. The number of ether oxygens (including phenoxy) is 2. The zero-order valence-corrected chi connectivity index (χ0v) is 16.7. The molecule has 1 amide bonds. The molecule has 0 radical (unpaired) electrons. The van der Waals surface area contributed by atoms with Crippen LogP contribution in [0.3, 0.4) is 0 Å². The topological polar surface area (TPSA) is 118 Å². The van der Waals surface area contributed by atoms with E-state index in [2.05, 4.69) is 5.32 Å². The van der Waals surface area contributed by atoms with Crippen LogP contribution in [0.4, 0.5) is 4.79 Å². The number of carbonyl (C=O) groups is 1. The molecule has 1 aliphatic rings. The Labute approximate surface area is 172 Å². The lowest BCUT2D eigenvalue weighted by atomic mass is 9.91. The van der Waals surface area contributed by atoms with E-state index in [1.54, 1.807) is 26.0 Å². The number of benzene rings is 2. The van der Waals surface area contributed by atoms with Crippen LogP contribution in [0.5, 0.6) is 5.75 Å². The molecule has 0 spiro atoms.